The van der Waals surface area contributed by atoms with Gasteiger partial charge in [0.1, 0.15) is 18.1 Å². The quantitative estimate of drug-likeness (QED) is 0.191. The van der Waals surface area contributed by atoms with Crippen molar-refractivity contribution >= 4 is 40.5 Å². The zero-order chi connectivity index (χ0) is 27.0. The smallest absolute Gasteiger partial charge is 0.326 e. The average molecular weight is 503 g/mol. The van der Waals surface area contributed by atoms with Crippen molar-refractivity contribution in [2.75, 3.05) is 0 Å². The highest BCUT2D eigenvalue weighted by molar-refractivity contribution is 5.95. The van der Waals surface area contributed by atoms with Crippen molar-refractivity contribution in [1.82, 2.24) is 20.9 Å². The third-order valence-corrected chi connectivity index (χ3v) is 6.02. The Balaban J connectivity index is 2.23. The van der Waals surface area contributed by atoms with E-state index in [1.807, 2.05) is 31.2 Å². The normalized spacial score (nSPS) is 15.2. The first-order valence-corrected chi connectivity index (χ1v) is 11.7. The first kappa shape index (κ1) is 28.3. The predicted octanol–water partition coefficient (Wildman–Crippen LogP) is -0.482. The number of aromatic amines is 1. The summed E-state index contributed by atoms with van der Waals surface area (Å²) in [5.74, 6) is -4.41. The third kappa shape index (κ3) is 7.54. The van der Waals surface area contributed by atoms with Gasteiger partial charge in [-0.2, -0.15) is 0 Å². The van der Waals surface area contributed by atoms with E-state index >= 15 is 0 Å². The van der Waals surface area contributed by atoms with Gasteiger partial charge in [-0.25, -0.2) is 4.79 Å². The van der Waals surface area contributed by atoms with Gasteiger partial charge in [-0.3, -0.25) is 19.2 Å². The Kier molecular flexibility index (Phi) is 9.97. The first-order valence-electron chi connectivity index (χ1n) is 11.7. The maximum Gasteiger partial charge on any atom is 0.326 e. The van der Waals surface area contributed by atoms with Crippen LogP contribution in [0, 0.1) is 5.92 Å². The van der Waals surface area contributed by atoms with Crippen LogP contribution in [0.3, 0.4) is 0 Å². The van der Waals surface area contributed by atoms with E-state index in [9.17, 15) is 29.1 Å². The number of primary amides is 1. The van der Waals surface area contributed by atoms with Crippen molar-refractivity contribution in [3.05, 3.63) is 36.0 Å². The largest absolute Gasteiger partial charge is 0.480 e. The van der Waals surface area contributed by atoms with E-state index in [1.165, 1.54) is 6.92 Å². The van der Waals surface area contributed by atoms with Crippen molar-refractivity contribution < 1.29 is 29.1 Å². The number of aliphatic carboxylic acids is 1. The molecule has 196 valence electrons. The number of carbonyl (C=O) groups excluding carboxylic acids is 4. The highest BCUT2D eigenvalue weighted by Gasteiger charge is 2.31. The molecule has 12 nitrogen and oxygen atoms in total. The second-order valence-corrected chi connectivity index (χ2v) is 8.84. The van der Waals surface area contributed by atoms with Gasteiger partial charge < -0.3 is 37.5 Å². The Morgan fingerprint density at radius 2 is 1.67 bits per heavy atom. The van der Waals surface area contributed by atoms with Crippen LogP contribution in [0.2, 0.25) is 0 Å². The molecule has 0 saturated carbocycles. The molecule has 0 radical (unpaired) electrons. The summed E-state index contributed by atoms with van der Waals surface area (Å²) in [5, 5.41) is 18.0. The zero-order valence-electron chi connectivity index (χ0n) is 20.5. The van der Waals surface area contributed by atoms with E-state index in [4.69, 9.17) is 11.5 Å². The number of benzene rings is 1. The molecule has 4 amide bonds. The molecule has 2 rings (SSSR count). The molecule has 9 N–H and O–H groups in total. The van der Waals surface area contributed by atoms with Gasteiger partial charge in [-0.1, -0.05) is 38.5 Å². The van der Waals surface area contributed by atoms with Gasteiger partial charge in [-0.05, 0) is 24.5 Å². The van der Waals surface area contributed by atoms with E-state index in [1.54, 1.807) is 13.1 Å². The van der Waals surface area contributed by atoms with E-state index < -0.39 is 60.2 Å². The molecule has 0 saturated heterocycles. The number of para-hydroxylation sites is 1. The Labute approximate surface area is 208 Å². The summed E-state index contributed by atoms with van der Waals surface area (Å²) in [6.07, 6.45) is 1.91. The molecule has 36 heavy (non-hydrogen) atoms. The number of rotatable bonds is 13. The third-order valence-electron chi connectivity index (χ3n) is 6.02. The number of hydrogen-bond acceptors (Lipinski definition) is 6. The monoisotopic (exact) mass is 502 g/mol. The molecule has 2 aromatic rings. The van der Waals surface area contributed by atoms with E-state index in [2.05, 4.69) is 20.9 Å². The molecule has 0 spiro atoms. The van der Waals surface area contributed by atoms with Crippen LogP contribution in [0.25, 0.3) is 10.9 Å². The summed E-state index contributed by atoms with van der Waals surface area (Å²) in [6, 6.07) is 2.81. The lowest BCUT2D eigenvalue weighted by atomic mass is 9.98. The number of amides is 4. The number of nitrogens with two attached hydrogens (primary N) is 2. The van der Waals surface area contributed by atoms with Gasteiger partial charge in [0.15, 0.2) is 0 Å². The maximum atomic E-state index is 13.2. The molecule has 5 unspecified atom stereocenters. The van der Waals surface area contributed by atoms with Gasteiger partial charge in [0.2, 0.25) is 23.6 Å². The highest BCUT2D eigenvalue weighted by atomic mass is 16.4. The lowest BCUT2D eigenvalue weighted by Crippen LogP contribution is -2.57. The van der Waals surface area contributed by atoms with Gasteiger partial charge in [0, 0.05) is 23.5 Å². The number of fused-ring (bicyclic) bond motifs is 1. The van der Waals surface area contributed by atoms with E-state index in [0.29, 0.717) is 6.42 Å². The Bertz CT molecular complexity index is 1120. The van der Waals surface area contributed by atoms with Gasteiger partial charge in [0.25, 0.3) is 0 Å². The van der Waals surface area contributed by atoms with Crippen molar-refractivity contribution in [2.45, 2.75) is 64.2 Å². The number of aromatic nitrogens is 1. The fourth-order valence-corrected chi connectivity index (χ4v) is 3.66. The van der Waals surface area contributed by atoms with Crippen molar-refractivity contribution in [3.8, 4) is 0 Å². The number of carboxylic acids is 1. The molecule has 5 atom stereocenters. The summed E-state index contributed by atoms with van der Waals surface area (Å²) in [4.78, 5) is 64.1. The SMILES string of the molecule is CCC(C)C(NC(=O)C(Cc1c[nH]c2ccccc12)NC(=O)C(C)NC(=O)C(N)CC(N)=O)C(=O)O. The molecular weight excluding hydrogens is 468 g/mol. The fraction of sp³-hybridized carbons (Fsp3) is 0.458. The molecule has 0 bridgehead atoms. The molecular formula is C24H34N6O6. The Morgan fingerprint density at radius 3 is 2.28 bits per heavy atom. The number of carbonyl (C=O) groups is 5. The number of carboxylic acid groups (broad SMARTS) is 1. The van der Waals surface area contributed by atoms with Crippen molar-refractivity contribution in [1.29, 1.82) is 0 Å². The molecule has 0 aliphatic rings. The Hall–Kier alpha value is -3.93. The van der Waals surface area contributed by atoms with Gasteiger partial charge in [0.05, 0.1) is 12.5 Å². The second-order valence-electron chi connectivity index (χ2n) is 8.84. The lowest BCUT2D eigenvalue weighted by molar-refractivity contribution is -0.143. The minimum absolute atomic E-state index is 0.0658. The average Bonchev–Trinajstić information content (AvgIpc) is 3.23. The standard InChI is InChI=1S/C24H34N6O6/c1-4-12(2)20(24(35)36)30-23(34)18(9-14-11-27-17-8-6-5-7-15(14)17)29-21(32)13(3)28-22(33)16(25)10-19(26)31/h5-8,11-13,16,18,20,27H,4,9-10,25H2,1-3H3,(H2,26,31)(H,28,33)(H,29,32)(H,30,34)(H,35,36). The predicted molar refractivity (Wildman–Crippen MR) is 132 cm³/mol. The molecule has 1 heterocycles. The van der Waals surface area contributed by atoms with Crippen LogP contribution in [0.5, 0.6) is 0 Å². The molecule has 0 aliphatic carbocycles. The second kappa shape index (κ2) is 12.7. The topological polar surface area (TPSA) is 210 Å². The maximum absolute atomic E-state index is 13.2. The Morgan fingerprint density at radius 1 is 1.00 bits per heavy atom. The van der Waals surface area contributed by atoms with Crippen LogP contribution in [-0.4, -0.2) is 63.9 Å². The van der Waals surface area contributed by atoms with Crippen molar-refractivity contribution in [3.63, 3.8) is 0 Å². The molecule has 1 aromatic carbocycles. The summed E-state index contributed by atoms with van der Waals surface area (Å²) >= 11 is 0. The summed E-state index contributed by atoms with van der Waals surface area (Å²) in [7, 11) is 0. The van der Waals surface area contributed by atoms with Crippen molar-refractivity contribution in [2.24, 2.45) is 17.4 Å². The molecule has 1 aromatic heterocycles. The zero-order valence-corrected chi connectivity index (χ0v) is 20.5. The van der Waals surface area contributed by atoms with Crippen LogP contribution in [0.15, 0.2) is 30.5 Å². The van der Waals surface area contributed by atoms with Crippen LogP contribution < -0.4 is 27.4 Å². The molecule has 12 heteroatoms. The lowest BCUT2D eigenvalue weighted by Gasteiger charge is -2.25. The van der Waals surface area contributed by atoms with Crippen LogP contribution in [0.4, 0.5) is 0 Å². The van der Waals surface area contributed by atoms with E-state index in [0.717, 1.165) is 16.5 Å². The minimum Gasteiger partial charge on any atom is -0.480 e. The number of H-pyrrole nitrogens is 1. The van der Waals surface area contributed by atoms with Crippen LogP contribution in [-0.2, 0) is 30.4 Å². The number of hydrogen-bond donors (Lipinski definition) is 7. The molecule has 0 fully saturated rings. The minimum atomic E-state index is -1.23. The van der Waals surface area contributed by atoms with Crippen LogP contribution >= 0.6 is 0 Å². The van der Waals surface area contributed by atoms with Crippen LogP contribution in [0.1, 0.15) is 39.2 Å². The van der Waals surface area contributed by atoms with E-state index in [-0.39, 0.29) is 12.3 Å². The van der Waals surface area contributed by atoms with Gasteiger partial charge in [-0.15, -0.1) is 0 Å². The number of nitrogens with one attached hydrogen (secondary N) is 4. The fourth-order valence-electron chi connectivity index (χ4n) is 3.66. The van der Waals surface area contributed by atoms with Gasteiger partial charge >= 0.3 is 5.97 Å². The first-order chi connectivity index (χ1) is 16.9. The summed E-state index contributed by atoms with van der Waals surface area (Å²) < 4.78 is 0. The molecule has 0 aliphatic heterocycles. The summed E-state index contributed by atoms with van der Waals surface area (Å²) in [5.41, 5.74) is 12.2. The highest BCUT2D eigenvalue weighted by Crippen LogP contribution is 2.19. The summed E-state index contributed by atoms with van der Waals surface area (Å²) in [6.45, 7) is 4.91.